The monoisotopic (exact) mass is 449 g/mol. The molecule has 0 bridgehead atoms. The second-order valence-electron chi connectivity index (χ2n) is 7.28. The number of carbonyl (C=O) groups excluding carboxylic acids is 2. The molecule has 2 rings (SSSR count). The summed E-state index contributed by atoms with van der Waals surface area (Å²) >= 11 is 0.0884. The first-order valence-corrected chi connectivity index (χ1v) is 11.4. The Morgan fingerprint density at radius 1 is 1.07 bits per heavy atom. The van der Waals surface area contributed by atoms with E-state index in [0.717, 1.165) is 15.5 Å². The molecule has 0 aliphatic carbocycles. The molecule has 0 N–H and O–H groups in total. The molecule has 1 unspecified atom stereocenters. The molecule has 1 heterocycles. The van der Waals surface area contributed by atoms with Crippen molar-refractivity contribution in [2.45, 2.75) is 45.0 Å². The van der Waals surface area contributed by atoms with Crippen LogP contribution in [0.4, 0.5) is 0 Å². The van der Waals surface area contributed by atoms with Gasteiger partial charge in [-0.3, -0.25) is 0 Å². The van der Waals surface area contributed by atoms with Gasteiger partial charge in [0.1, 0.15) is 0 Å². The Kier molecular flexibility index (Phi) is 8.21. The van der Waals surface area contributed by atoms with Gasteiger partial charge in [0, 0.05) is 0 Å². The van der Waals surface area contributed by atoms with Crippen molar-refractivity contribution in [1.29, 1.82) is 0 Å². The molecule has 0 spiro atoms. The van der Waals surface area contributed by atoms with Crippen molar-refractivity contribution in [3.8, 4) is 0 Å². The van der Waals surface area contributed by atoms with E-state index < -0.39 is 23.5 Å². The molecule has 0 saturated heterocycles. The summed E-state index contributed by atoms with van der Waals surface area (Å²) in [5.41, 5.74) is 1.46. The van der Waals surface area contributed by atoms with Gasteiger partial charge in [-0.15, -0.1) is 0 Å². The van der Waals surface area contributed by atoms with Crippen LogP contribution in [0.15, 0.2) is 48.7 Å². The average Bonchev–Trinajstić information content (AvgIpc) is 2.64. The van der Waals surface area contributed by atoms with E-state index in [4.69, 9.17) is 9.47 Å². The van der Waals surface area contributed by atoms with E-state index in [2.05, 4.69) is 17.1 Å². The maximum atomic E-state index is 12.6. The van der Waals surface area contributed by atoms with Crippen molar-refractivity contribution in [3.05, 3.63) is 59.8 Å². The van der Waals surface area contributed by atoms with Crippen molar-refractivity contribution in [2.75, 3.05) is 6.61 Å². The minimum atomic E-state index is -0.991. The number of rotatable bonds is 8. The quantitative estimate of drug-likeness (QED) is 0.353. The summed E-state index contributed by atoms with van der Waals surface area (Å²) < 4.78 is 11.5. The van der Waals surface area contributed by atoms with Crippen LogP contribution in [0.25, 0.3) is 0 Å². The molecular weight excluding hydrogens is 421 g/mol. The van der Waals surface area contributed by atoms with Crippen molar-refractivity contribution in [2.24, 2.45) is 5.92 Å². The molecule has 1 aromatic heterocycles. The van der Waals surface area contributed by atoms with Gasteiger partial charge in [-0.05, 0) is 0 Å². The number of benzene rings is 1. The van der Waals surface area contributed by atoms with E-state index in [1.54, 1.807) is 33.9 Å². The predicted molar refractivity (Wildman–Crippen MR) is 109 cm³/mol. The maximum absolute atomic E-state index is 12.6. The third-order valence-electron chi connectivity index (χ3n) is 3.75. The summed E-state index contributed by atoms with van der Waals surface area (Å²) in [6.07, 6.45) is 1.98. The fourth-order valence-electron chi connectivity index (χ4n) is 2.53. The number of carbonyl (C=O) groups is 2. The van der Waals surface area contributed by atoms with Crippen LogP contribution in [-0.4, -0.2) is 44.1 Å². The third-order valence-corrected chi connectivity index (χ3v) is 6.10. The number of hydrogen-bond donors (Lipinski definition) is 0. The van der Waals surface area contributed by atoms with Crippen molar-refractivity contribution in [1.82, 2.24) is 4.98 Å². The first-order valence-electron chi connectivity index (χ1n) is 9.30. The van der Waals surface area contributed by atoms with E-state index in [0.29, 0.717) is 0 Å². The van der Waals surface area contributed by atoms with E-state index in [9.17, 15) is 9.59 Å². The van der Waals surface area contributed by atoms with Gasteiger partial charge in [0.05, 0.1) is 0 Å². The van der Waals surface area contributed by atoms with E-state index in [1.165, 1.54) is 5.56 Å². The van der Waals surface area contributed by atoms with Gasteiger partial charge in [-0.1, -0.05) is 0 Å². The van der Waals surface area contributed by atoms with E-state index in [1.807, 2.05) is 30.3 Å². The second-order valence-corrected chi connectivity index (χ2v) is 9.31. The van der Waals surface area contributed by atoms with Crippen LogP contribution < -0.4 is 4.59 Å². The molecule has 0 aliphatic rings. The minimum absolute atomic E-state index is 0.0884. The standard InChI is InChI=1S/C22H27NO4Se/c1-5-26-20(24)18(21(25)27-22(2,3)4)14-17-12-9-13-23-19(17)28-15-16-10-7-6-8-11-16/h6-13,18H,5,14-15H2,1-4H3. The Labute approximate surface area is 173 Å². The number of pyridine rings is 1. The first-order chi connectivity index (χ1) is 13.3. The van der Waals surface area contributed by atoms with Crippen LogP contribution >= 0.6 is 0 Å². The van der Waals surface area contributed by atoms with Crippen LogP contribution in [0.2, 0.25) is 0 Å². The van der Waals surface area contributed by atoms with Gasteiger partial charge in [-0.25, -0.2) is 0 Å². The fraction of sp³-hybridized carbons (Fsp3) is 0.409. The van der Waals surface area contributed by atoms with Gasteiger partial charge in [0.25, 0.3) is 0 Å². The molecule has 2 aromatic rings. The first kappa shape index (κ1) is 22.1. The average molecular weight is 448 g/mol. The summed E-state index contributed by atoms with van der Waals surface area (Å²) in [5, 5.41) is 0.897. The van der Waals surface area contributed by atoms with Crippen molar-refractivity contribution >= 4 is 31.5 Å². The van der Waals surface area contributed by atoms with Crippen molar-refractivity contribution < 1.29 is 19.1 Å². The van der Waals surface area contributed by atoms with Crippen LogP contribution in [0, 0.1) is 5.92 Å². The van der Waals surface area contributed by atoms with Crippen LogP contribution in [0.5, 0.6) is 0 Å². The van der Waals surface area contributed by atoms with Crippen LogP contribution in [0.1, 0.15) is 38.8 Å². The molecule has 150 valence electrons. The Morgan fingerprint density at radius 2 is 1.79 bits per heavy atom. The summed E-state index contributed by atoms with van der Waals surface area (Å²) in [6, 6.07) is 14.0. The Hall–Kier alpha value is -2.17. The molecule has 0 fully saturated rings. The molecule has 0 amide bonds. The number of hydrogen-bond acceptors (Lipinski definition) is 5. The fourth-order valence-corrected chi connectivity index (χ4v) is 4.56. The number of aromatic nitrogens is 1. The summed E-state index contributed by atoms with van der Waals surface area (Å²) in [7, 11) is 0. The Balaban J connectivity index is 2.18. The molecule has 5 nitrogen and oxygen atoms in total. The van der Waals surface area contributed by atoms with Gasteiger partial charge < -0.3 is 0 Å². The molecule has 1 atom stereocenters. The number of nitrogens with zero attached hydrogens (tertiary/aromatic N) is 1. The zero-order valence-electron chi connectivity index (χ0n) is 16.8. The number of ether oxygens (including phenoxy) is 2. The predicted octanol–water partition coefficient (Wildman–Crippen LogP) is 2.67. The molecule has 0 aliphatic heterocycles. The van der Waals surface area contributed by atoms with Gasteiger partial charge >= 0.3 is 173 Å². The van der Waals surface area contributed by atoms with Gasteiger partial charge in [0.15, 0.2) is 0 Å². The number of esters is 2. The van der Waals surface area contributed by atoms with E-state index >= 15 is 0 Å². The topological polar surface area (TPSA) is 65.5 Å². The van der Waals surface area contributed by atoms with Crippen LogP contribution in [-0.2, 0) is 30.8 Å². The SMILES string of the molecule is CCOC(=O)C(Cc1cccnc1[Se]Cc1ccccc1)C(=O)OC(C)(C)C. The van der Waals surface area contributed by atoms with Gasteiger partial charge in [-0.2, -0.15) is 0 Å². The normalized spacial score (nSPS) is 12.3. The molecule has 0 radical (unpaired) electrons. The Morgan fingerprint density at radius 3 is 2.43 bits per heavy atom. The zero-order chi connectivity index (χ0) is 20.6. The molecule has 1 aromatic carbocycles. The molecule has 0 saturated carbocycles. The van der Waals surface area contributed by atoms with E-state index in [-0.39, 0.29) is 28.0 Å². The second kappa shape index (κ2) is 10.4. The van der Waals surface area contributed by atoms with Gasteiger partial charge in [0.2, 0.25) is 0 Å². The van der Waals surface area contributed by atoms with Crippen LogP contribution in [0.3, 0.4) is 0 Å². The summed E-state index contributed by atoms with van der Waals surface area (Å²) in [4.78, 5) is 29.6. The third kappa shape index (κ3) is 7.10. The molecule has 6 heteroatoms. The zero-order valence-corrected chi connectivity index (χ0v) is 18.5. The molecule has 28 heavy (non-hydrogen) atoms. The molecular formula is C22H27NO4Se. The summed E-state index contributed by atoms with van der Waals surface area (Å²) in [6.45, 7) is 7.29. The summed E-state index contributed by atoms with van der Waals surface area (Å²) in [5.74, 6) is -2.10. The Bertz CT molecular complexity index is 787. The van der Waals surface area contributed by atoms with Crippen molar-refractivity contribution in [3.63, 3.8) is 0 Å².